The molecule has 0 spiro atoms. The number of nitrogens with zero attached hydrogens (tertiary/aromatic N) is 6. The average Bonchev–Trinajstić information content (AvgIpc) is 4.08. The Morgan fingerprint density at radius 2 is 0.775 bits per heavy atom. The fourth-order valence-corrected chi connectivity index (χ4v) is 9.50. The zero-order valence-corrected chi connectivity index (χ0v) is 54.2. The molecule has 6 heterocycles. The van der Waals surface area contributed by atoms with E-state index in [0.717, 1.165) is 128 Å². The van der Waals surface area contributed by atoms with Crippen molar-refractivity contribution in [2.24, 2.45) is 0 Å². The SMILES string of the molecule is C=C(C)C(=O)NC(C)N1CCCC1=O.C=C(C)C(=O)OC(C)N1CCCCCC1=O.C=C(C)C(=O)OCCN1CCCCCC1=O.C=CC(=O)NC(C)N1CCCC1=O.C=CC(=O)OC(C)N1CCCCCC1=O.C=CC(=O)OCCN1CCCCCC1=O. The van der Waals surface area contributed by atoms with Crippen LogP contribution in [-0.4, -0.2) is 191 Å². The number of amides is 8. The number of carbonyl (C=O) groups is 12. The molecule has 24 nitrogen and oxygen atoms in total. The number of carbonyl (C=O) groups excluding carboxylic acids is 12. The van der Waals surface area contributed by atoms with Gasteiger partial charge in [-0.25, -0.2) is 19.2 Å². The smallest absolute Gasteiger partial charge is 0.335 e. The Morgan fingerprint density at radius 1 is 0.416 bits per heavy atom. The Morgan fingerprint density at radius 3 is 1.16 bits per heavy atom. The molecule has 0 aromatic rings. The molecule has 0 radical (unpaired) electrons. The van der Waals surface area contributed by atoms with Gasteiger partial charge in [-0.1, -0.05) is 65.2 Å². The summed E-state index contributed by atoms with van der Waals surface area (Å²) < 4.78 is 20.0. The quantitative estimate of drug-likeness (QED) is 0.0716. The lowest BCUT2D eigenvalue weighted by molar-refractivity contribution is -0.160. The summed E-state index contributed by atoms with van der Waals surface area (Å²) in [6.45, 7) is 38.3. The molecule has 6 rings (SSSR count). The fraction of sp³-hybridized carbons (Fsp3) is 0.631. The summed E-state index contributed by atoms with van der Waals surface area (Å²) in [5, 5.41) is 5.37. The van der Waals surface area contributed by atoms with Gasteiger partial charge in [-0.15, -0.1) is 0 Å². The first-order chi connectivity index (χ1) is 42.2. The lowest BCUT2D eigenvalue weighted by atomic mass is 10.2. The van der Waals surface area contributed by atoms with Gasteiger partial charge in [0.25, 0.3) is 0 Å². The van der Waals surface area contributed by atoms with Crippen LogP contribution in [0.25, 0.3) is 0 Å². The van der Waals surface area contributed by atoms with Crippen LogP contribution < -0.4 is 10.6 Å². The maximum absolute atomic E-state index is 11.7. The van der Waals surface area contributed by atoms with E-state index in [-0.39, 0.29) is 78.8 Å². The lowest BCUT2D eigenvalue weighted by Crippen LogP contribution is -2.46. The van der Waals surface area contributed by atoms with Crippen LogP contribution >= 0.6 is 0 Å². The molecule has 0 saturated carbocycles. The van der Waals surface area contributed by atoms with Gasteiger partial charge in [-0.05, 0) is 119 Å². The summed E-state index contributed by atoms with van der Waals surface area (Å²) in [6.07, 6.45) is 19.5. The fourth-order valence-electron chi connectivity index (χ4n) is 9.50. The van der Waals surface area contributed by atoms with Crippen molar-refractivity contribution in [3.63, 3.8) is 0 Å². The third-order valence-electron chi connectivity index (χ3n) is 14.7. The maximum atomic E-state index is 11.7. The standard InChI is InChI=1S/2C12H19NO3.2C11H17NO3.C10H16N2O2.C9H14N2O2/c1-9(2)12(15)16-10(3)13-8-6-4-5-7-11(13)14;1-10(2)12(15)16-9-8-13-7-5-3-4-6-11(13)14;1-3-11(14)15-9(2)12-8-6-4-5-7-10(12)13;1-2-11(14)15-9-8-12-7-5-3-4-6-10(12)13;1-7(2)10(14)11-8(3)12-6-4-5-9(12)13;1-3-8(12)10-7(2)11-6-4-5-9(11)13/h10H,1,4-8H2,2-3H3;1,3-9H2,2H3;3,9H,1,4-8H2,2H3;2H,1,3-9H2;8H,1,4-6H2,2-3H3,(H,11,14);3,7H,1,4-6H2,2H3,(H,10,12). The van der Waals surface area contributed by atoms with Crippen LogP contribution in [0.2, 0.25) is 0 Å². The Labute approximate surface area is 527 Å². The van der Waals surface area contributed by atoms with Gasteiger partial charge in [0.2, 0.25) is 47.3 Å². The van der Waals surface area contributed by atoms with Gasteiger partial charge in [-0.3, -0.25) is 38.4 Å². The third-order valence-corrected chi connectivity index (χ3v) is 14.7. The molecular weight excluding hydrogens is 1150 g/mol. The van der Waals surface area contributed by atoms with E-state index in [9.17, 15) is 57.5 Å². The van der Waals surface area contributed by atoms with Gasteiger partial charge >= 0.3 is 23.9 Å². The monoisotopic (exact) mass is 1250 g/mol. The zero-order chi connectivity index (χ0) is 67.0. The minimum atomic E-state index is -0.491. The van der Waals surface area contributed by atoms with E-state index in [4.69, 9.17) is 18.9 Å². The maximum Gasteiger partial charge on any atom is 0.335 e. The van der Waals surface area contributed by atoms with Crippen LogP contribution in [0, 0.1) is 0 Å². The molecule has 0 aromatic heterocycles. The predicted octanol–water partition coefficient (Wildman–Crippen LogP) is 6.85. The van der Waals surface area contributed by atoms with E-state index in [1.807, 2.05) is 6.92 Å². The molecule has 0 aromatic carbocycles. The molecule has 6 aliphatic heterocycles. The summed E-state index contributed by atoms with van der Waals surface area (Å²) in [4.78, 5) is 146. The molecule has 2 N–H and O–H groups in total. The largest absolute Gasteiger partial charge is 0.461 e. The molecule has 0 aliphatic carbocycles. The first-order valence-corrected chi connectivity index (χ1v) is 31.1. The van der Waals surface area contributed by atoms with Crippen LogP contribution in [0.1, 0.15) is 177 Å². The van der Waals surface area contributed by atoms with Crippen LogP contribution in [0.3, 0.4) is 0 Å². The number of ether oxygens (including phenoxy) is 4. The second-order valence-corrected chi connectivity index (χ2v) is 22.2. The van der Waals surface area contributed by atoms with E-state index >= 15 is 0 Å². The highest BCUT2D eigenvalue weighted by molar-refractivity contribution is 5.93. The summed E-state index contributed by atoms with van der Waals surface area (Å²) in [5.41, 5.74) is 1.21. The lowest BCUT2D eigenvalue weighted by Gasteiger charge is -2.27. The third kappa shape index (κ3) is 32.8. The molecule has 6 aliphatic rings. The van der Waals surface area contributed by atoms with Gasteiger partial charge in [0.05, 0.1) is 13.1 Å². The molecule has 0 bridgehead atoms. The minimum Gasteiger partial charge on any atom is -0.461 e. The first kappa shape index (κ1) is 79.1. The molecule has 6 saturated heterocycles. The van der Waals surface area contributed by atoms with Crippen LogP contribution in [0.15, 0.2) is 74.4 Å². The van der Waals surface area contributed by atoms with Crippen LogP contribution in [0.4, 0.5) is 0 Å². The zero-order valence-electron chi connectivity index (χ0n) is 54.2. The van der Waals surface area contributed by atoms with Crippen molar-refractivity contribution in [1.29, 1.82) is 0 Å². The van der Waals surface area contributed by atoms with E-state index in [2.05, 4.69) is 50.1 Å². The molecule has 8 amide bonds. The molecule has 498 valence electrons. The average molecular weight is 1250 g/mol. The number of hydrogen-bond acceptors (Lipinski definition) is 16. The van der Waals surface area contributed by atoms with Crippen molar-refractivity contribution in [3.8, 4) is 0 Å². The number of hydrogen-bond donors (Lipinski definition) is 2. The Kier molecular flexibility index (Phi) is 39.5. The molecule has 6 fully saturated rings. The summed E-state index contributed by atoms with van der Waals surface area (Å²) >= 11 is 0. The number of likely N-dealkylation sites (tertiary alicyclic amines) is 6. The number of nitrogens with one attached hydrogen (secondary N) is 2. The Hall–Kier alpha value is -7.92. The molecular formula is C65H102N8O16. The van der Waals surface area contributed by atoms with Gasteiger partial charge in [-0.2, -0.15) is 0 Å². The second kappa shape index (κ2) is 44.5. The van der Waals surface area contributed by atoms with E-state index in [1.165, 1.54) is 6.08 Å². The minimum absolute atomic E-state index is 0.0665. The van der Waals surface area contributed by atoms with Gasteiger partial charge < -0.3 is 59.0 Å². The van der Waals surface area contributed by atoms with Crippen LogP contribution in [0.5, 0.6) is 0 Å². The van der Waals surface area contributed by atoms with Crippen molar-refractivity contribution in [2.75, 3.05) is 65.6 Å². The van der Waals surface area contributed by atoms with E-state index in [0.29, 0.717) is 81.4 Å². The molecule has 24 heteroatoms. The van der Waals surface area contributed by atoms with Crippen molar-refractivity contribution < 1.29 is 76.5 Å². The Balaban J connectivity index is 0.000000535. The topological polar surface area (TPSA) is 285 Å². The summed E-state index contributed by atoms with van der Waals surface area (Å²) in [5.74, 6) is -1.49. The first-order valence-electron chi connectivity index (χ1n) is 31.1. The van der Waals surface area contributed by atoms with Gasteiger partial charge in [0.1, 0.15) is 25.5 Å². The second-order valence-electron chi connectivity index (χ2n) is 22.2. The van der Waals surface area contributed by atoms with E-state index in [1.54, 1.807) is 70.9 Å². The highest BCUT2D eigenvalue weighted by atomic mass is 16.6. The van der Waals surface area contributed by atoms with E-state index < -0.39 is 30.4 Å². The highest BCUT2D eigenvalue weighted by Gasteiger charge is 2.29. The van der Waals surface area contributed by atoms with Gasteiger partial charge in [0.15, 0.2) is 12.5 Å². The molecule has 89 heavy (non-hydrogen) atoms. The van der Waals surface area contributed by atoms with Gasteiger partial charge in [0, 0.05) is 107 Å². The predicted molar refractivity (Wildman–Crippen MR) is 336 cm³/mol. The Bertz CT molecular complexity index is 2460. The number of esters is 4. The normalized spacial score (nSPS) is 18.1. The van der Waals surface area contributed by atoms with Crippen molar-refractivity contribution >= 4 is 71.1 Å². The summed E-state index contributed by atoms with van der Waals surface area (Å²) in [7, 11) is 0. The molecule has 4 unspecified atom stereocenters. The van der Waals surface area contributed by atoms with Crippen molar-refractivity contribution in [2.45, 2.75) is 202 Å². The van der Waals surface area contributed by atoms with Crippen molar-refractivity contribution in [3.05, 3.63) is 74.4 Å². The summed E-state index contributed by atoms with van der Waals surface area (Å²) in [6, 6.07) is 0. The highest BCUT2D eigenvalue weighted by Crippen LogP contribution is 2.18. The van der Waals surface area contributed by atoms with Crippen LogP contribution in [-0.2, 0) is 76.5 Å². The number of rotatable bonds is 20. The van der Waals surface area contributed by atoms with Crippen molar-refractivity contribution in [1.82, 2.24) is 40.0 Å². The molecule has 4 atom stereocenters.